The van der Waals surface area contributed by atoms with E-state index in [9.17, 15) is 14.9 Å². The van der Waals surface area contributed by atoms with E-state index in [0.29, 0.717) is 11.6 Å². The van der Waals surface area contributed by atoms with Crippen LogP contribution < -0.4 is 10.6 Å². The fraction of sp³-hybridized carbons (Fsp3) is 0.357. The van der Waals surface area contributed by atoms with Crippen molar-refractivity contribution in [1.29, 1.82) is 0 Å². The number of amides is 2. The fourth-order valence-corrected chi connectivity index (χ4v) is 2.24. The summed E-state index contributed by atoms with van der Waals surface area (Å²) < 4.78 is 0. The number of carbonyl (C=O) groups excluding carboxylic acids is 1. The van der Waals surface area contributed by atoms with Crippen LogP contribution in [0, 0.1) is 16.0 Å². The molecule has 0 saturated heterocycles. The maximum Gasteiger partial charge on any atom is 0.323 e. The molecule has 2 amide bonds. The quantitative estimate of drug-likeness (QED) is 0.652. The summed E-state index contributed by atoms with van der Waals surface area (Å²) in [5.74, 6) is 0.565. The molecule has 1 fully saturated rings. The average Bonchev–Trinajstić information content (AvgIpc) is 2.92. The summed E-state index contributed by atoms with van der Waals surface area (Å²) in [6.07, 6.45) is 8.55. The van der Waals surface area contributed by atoms with Gasteiger partial charge in [0, 0.05) is 24.0 Å². The van der Waals surface area contributed by atoms with Crippen molar-refractivity contribution < 1.29 is 9.72 Å². The first kappa shape index (κ1) is 14.0. The molecule has 2 N–H and O–H groups in total. The first-order valence-corrected chi connectivity index (χ1v) is 6.64. The van der Waals surface area contributed by atoms with Gasteiger partial charge in [-0.1, -0.05) is 18.9 Å². The molecule has 1 aromatic carbocycles. The third-order valence-corrected chi connectivity index (χ3v) is 3.32. The van der Waals surface area contributed by atoms with Crippen LogP contribution in [-0.4, -0.2) is 11.0 Å². The van der Waals surface area contributed by atoms with E-state index in [2.05, 4.69) is 10.6 Å². The lowest BCUT2D eigenvalue weighted by Gasteiger charge is -2.05. The second kappa shape index (κ2) is 6.70. The molecule has 106 valence electrons. The van der Waals surface area contributed by atoms with Gasteiger partial charge in [-0.2, -0.15) is 0 Å². The monoisotopic (exact) mass is 275 g/mol. The van der Waals surface area contributed by atoms with Crippen molar-refractivity contribution in [3.8, 4) is 0 Å². The minimum atomic E-state index is -0.478. The van der Waals surface area contributed by atoms with Crippen LogP contribution in [0.3, 0.4) is 0 Å². The molecule has 1 aliphatic carbocycles. The minimum Gasteiger partial charge on any atom is -0.315 e. The zero-order valence-electron chi connectivity index (χ0n) is 11.0. The van der Waals surface area contributed by atoms with E-state index in [4.69, 9.17) is 0 Å². The molecule has 0 heterocycles. The van der Waals surface area contributed by atoms with E-state index >= 15 is 0 Å². The van der Waals surface area contributed by atoms with E-state index in [1.165, 1.54) is 49.9 Å². The number of hydrogen-bond acceptors (Lipinski definition) is 3. The van der Waals surface area contributed by atoms with Crippen LogP contribution in [-0.2, 0) is 0 Å². The second-order valence-electron chi connectivity index (χ2n) is 4.81. The Balaban J connectivity index is 1.80. The molecule has 1 aromatic rings. The van der Waals surface area contributed by atoms with Gasteiger partial charge in [-0.25, -0.2) is 4.79 Å². The van der Waals surface area contributed by atoms with Gasteiger partial charge in [-0.3, -0.25) is 10.1 Å². The molecule has 0 aromatic heterocycles. The molecule has 6 nitrogen and oxygen atoms in total. The number of benzene rings is 1. The Kier molecular flexibility index (Phi) is 4.70. The summed E-state index contributed by atoms with van der Waals surface area (Å²) in [6, 6.07) is 5.35. The standard InChI is InChI=1S/C14H17N3O3/c18-14(15-10-9-11-3-1-2-4-11)16-12-5-7-13(8-6-12)17(19)20/h5-11H,1-4H2,(H2,15,16,18)/b10-9+. The number of anilines is 1. The van der Waals surface area contributed by atoms with Crippen molar-refractivity contribution in [2.75, 3.05) is 5.32 Å². The van der Waals surface area contributed by atoms with Crippen molar-refractivity contribution in [3.63, 3.8) is 0 Å². The van der Waals surface area contributed by atoms with Gasteiger partial charge in [0.25, 0.3) is 5.69 Å². The van der Waals surface area contributed by atoms with Crippen LogP contribution in [0.4, 0.5) is 16.2 Å². The number of hydrogen-bond donors (Lipinski definition) is 2. The Morgan fingerprint density at radius 1 is 1.25 bits per heavy atom. The molecule has 20 heavy (non-hydrogen) atoms. The number of urea groups is 1. The van der Waals surface area contributed by atoms with Crippen molar-refractivity contribution in [3.05, 3.63) is 46.7 Å². The van der Waals surface area contributed by atoms with Crippen LogP contribution in [0.1, 0.15) is 25.7 Å². The zero-order chi connectivity index (χ0) is 14.4. The van der Waals surface area contributed by atoms with E-state index < -0.39 is 4.92 Å². The Morgan fingerprint density at radius 3 is 2.50 bits per heavy atom. The molecule has 1 aliphatic rings. The highest BCUT2D eigenvalue weighted by Gasteiger charge is 2.11. The molecule has 0 bridgehead atoms. The molecule has 0 radical (unpaired) electrons. The average molecular weight is 275 g/mol. The SMILES string of the molecule is O=C(N/C=C/C1CCCC1)Nc1ccc([N+](=O)[O-])cc1. The molecule has 0 spiro atoms. The molecule has 1 saturated carbocycles. The van der Waals surface area contributed by atoms with Crippen molar-refractivity contribution in [1.82, 2.24) is 5.32 Å². The smallest absolute Gasteiger partial charge is 0.315 e. The molecule has 0 atom stereocenters. The number of non-ortho nitro benzene ring substituents is 1. The first-order chi connectivity index (χ1) is 9.65. The van der Waals surface area contributed by atoms with Crippen LogP contribution in [0.2, 0.25) is 0 Å². The summed E-state index contributed by atoms with van der Waals surface area (Å²) in [7, 11) is 0. The lowest BCUT2D eigenvalue weighted by molar-refractivity contribution is -0.384. The highest BCUT2D eigenvalue weighted by molar-refractivity contribution is 5.89. The molecule has 0 unspecified atom stereocenters. The highest BCUT2D eigenvalue weighted by atomic mass is 16.6. The number of allylic oxidation sites excluding steroid dienone is 1. The van der Waals surface area contributed by atoms with E-state index in [0.717, 1.165) is 0 Å². The van der Waals surface area contributed by atoms with E-state index in [1.807, 2.05) is 6.08 Å². The lowest BCUT2D eigenvalue weighted by atomic mass is 10.1. The highest BCUT2D eigenvalue weighted by Crippen LogP contribution is 2.25. The summed E-state index contributed by atoms with van der Waals surface area (Å²) in [4.78, 5) is 21.6. The summed E-state index contributed by atoms with van der Waals surface area (Å²) in [5, 5.41) is 15.7. The van der Waals surface area contributed by atoms with E-state index in [-0.39, 0.29) is 11.7 Å². The van der Waals surface area contributed by atoms with Crippen LogP contribution in [0.5, 0.6) is 0 Å². The van der Waals surface area contributed by atoms with Gasteiger partial charge in [0.05, 0.1) is 4.92 Å². The lowest BCUT2D eigenvalue weighted by Crippen LogP contribution is -2.23. The van der Waals surface area contributed by atoms with Crippen LogP contribution in [0.25, 0.3) is 0 Å². The third kappa shape index (κ3) is 4.08. The number of carbonyl (C=O) groups is 1. The predicted molar refractivity (Wildman–Crippen MR) is 76.3 cm³/mol. The minimum absolute atomic E-state index is 0.00270. The zero-order valence-corrected chi connectivity index (χ0v) is 11.0. The largest absolute Gasteiger partial charge is 0.323 e. The number of nitro groups is 1. The summed E-state index contributed by atoms with van der Waals surface area (Å²) in [5.41, 5.74) is 0.513. The van der Waals surface area contributed by atoms with Crippen molar-refractivity contribution in [2.45, 2.75) is 25.7 Å². The Bertz CT molecular complexity index is 505. The van der Waals surface area contributed by atoms with Gasteiger partial charge < -0.3 is 10.6 Å². The molecule has 6 heteroatoms. The van der Waals surface area contributed by atoms with Gasteiger partial charge in [0.2, 0.25) is 0 Å². The first-order valence-electron chi connectivity index (χ1n) is 6.64. The number of nitrogens with zero attached hydrogens (tertiary/aromatic N) is 1. The Labute approximate surface area is 117 Å². The van der Waals surface area contributed by atoms with Crippen LogP contribution in [0.15, 0.2) is 36.5 Å². The summed E-state index contributed by atoms with van der Waals surface area (Å²) >= 11 is 0. The molecular formula is C14H17N3O3. The third-order valence-electron chi connectivity index (χ3n) is 3.32. The van der Waals surface area contributed by atoms with Gasteiger partial charge in [-0.05, 0) is 30.9 Å². The molecule has 0 aliphatic heterocycles. The molecular weight excluding hydrogens is 258 g/mol. The second-order valence-corrected chi connectivity index (χ2v) is 4.81. The van der Waals surface area contributed by atoms with Crippen LogP contribution >= 0.6 is 0 Å². The number of nitro benzene ring substituents is 1. The topological polar surface area (TPSA) is 84.3 Å². The Hall–Kier alpha value is -2.37. The number of nitrogens with one attached hydrogen (secondary N) is 2. The maximum absolute atomic E-state index is 11.6. The molecule has 2 rings (SSSR count). The van der Waals surface area contributed by atoms with Gasteiger partial charge in [0.1, 0.15) is 0 Å². The van der Waals surface area contributed by atoms with Gasteiger partial charge in [0.15, 0.2) is 0 Å². The van der Waals surface area contributed by atoms with Crippen molar-refractivity contribution in [2.24, 2.45) is 5.92 Å². The number of rotatable bonds is 4. The van der Waals surface area contributed by atoms with Gasteiger partial charge in [-0.15, -0.1) is 0 Å². The maximum atomic E-state index is 11.6. The summed E-state index contributed by atoms with van der Waals surface area (Å²) in [6.45, 7) is 0. The van der Waals surface area contributed by atoms with Crippen molar-refractivity contribution >= 4 is 17.4 Å². The normalized spacial score (nSPS) is 15.4. The fourth-order valence-electron chi connectivity index (χ4n) is 2.24. The predicted octanol–water partition coefficient (Wildman–Crippen LogP) is 3.42. The van der Waals surface area contributed by atoms with E-state index in [1.54, 1.807) is 6.20 Å². The van der Waals surface area contributed by atoms with Gasteiger partial charge >= 0.3 is 6.03 Å². The Morgan fingerprint density at radius 2 is 1.90 bits per heavy atom.